The fourth-order valence-electron chi connectivity index (χ4n) is 3.67. The molecule has 2 atom stereocenters. The van der Waals surface area contributed by atoms with Crippen LogP contribution in [0.1, 0.15) is 44.1 Å². The van der Waals surface area contributed by atoms with E-state index < -0.39 is 0 Å². The normalized spacial score (nSPS) is 26.1. The van der Waals surface area contributed by atoms with Gasteiger partial charge in [0.1, 0.15) is 0 Å². The topological polar surface area (TPSA) is 59.0 Å². The summed E-state index contributed by atoms with van der Waals surface area (Å²) in [6, 6.07) is 0. The Kier molecular flexibility index (Phi) is 5.50. The molecule has 0 aromatic carbocycles. The van der Waals surface area contributed by atoms with Gasteiger partial charge in [0.05, 0.1) is 12.1 Å². The van der Waals surface area contributed by atoms with Crippen LogP contribution in [0.3, 0.4) is 0 Å². The SMILES string of the molecule is CCC1(CNC(=O)[C@H]2CNC[C@@H]2c2cnn(C)c2)CCC1.Cl. The Morgan fingerprint density at radius 1 is 1.50 bits per heavy atom. The number of rotatable bonds is 5. The van der Waals surface area contributed by atoms with Gasteiger partial charge in [0.25, 0.3) is 0 Å². The van der Waals surface area contributed by atoms with E-state index in [1.165, 1.54) is 25.7 Å². The number of hydrogen-bond acceptors (Lipinski definition) is 3. The smallest absolute Gasteiger partial charge is 0.225 e. The van der Waals surface area contributed by atoms with Crippen molar-refractivity contribution < 1.29 is 4.79 Å². The maximum Gasteiger partial charge on any atom is 0.225 e. The van der Waals surface area contributed by atoms with Crippen LogP contribution >= 0.6 is 12.4 Å². The number of carbonyl (C=O) groups excluding carboxylic acids is 1. The van der Waals surface area contributed by atoms with Crippen LogP contribution in [0.4, 0.5) is 0 Å². The van der Waals surface area contributed by atoms with Crippen LogP contribution in [0.25, 0.3) is 0 Å². The summed E-state index contributed by atoms with van der Waals surface area (Å²) in [7, 11) is 1.92. The molecule has 5 nitrogen and oxygen atoms in total. The number of nitrogens with zero attached hydrogens (tertiary/aromatic N) is 2. The second-order valence-electron chi connectivity index (χ2n) is 6.74. The molecule has 0 bridgehead atoms. The Labute approximate surface area is 138 Å². The first-order valence-electron chi connectivity index (χ1n) is 8.10. The number of aryl methyl sites for hydroxylation is 1. The third-order valence-corrected chi connectivity index (χ3v) is 5.51. The van der Waals surface area contributed by atoms with Crippen molar-refractivity contribution in [1.82, 2.24) is 20.4 Å². The van der Waals surface area contributed by atoms with Crippen molar-refractivity contribution in [2.45, 2.75) is 38.5 Å². The molecule has 1 amide bonds. The Morgan fingerprint density at radius 3 is 2.82 bits per heavy atom. The predicted octanol–water partition coefficient (Wildman–Crippen LogP) is 1.84. The number of amides is 1. The molecule has 1 saturated carbocycles. The zero-order chi connectivity index (χ0) is 14.9. The molecule has 6 heteroatoms. The average Bonchev–Trinajstić information content (AvgIpc) is 3.06. The Hall–Kier alpha value is -1.07. The molecule has 2 heterocycles. The number of nitrogens with one attached hydrogen (secondary N) is 2. The summed E-state index contributed by atoms with van der Waals surface area (Å²) in [5, 5.41) is 10.8. The molecule has 1 aromatic heterocycles. The lowest BCUT2D eigenvalue weighted by atomic mass is 9.67. The molecular weight excluding hydrogens is 300 g/mol. The monoisotopic (exact) mass is 326 g/mol. The predicted molar refractivity (Wildman–Crippen MR) is 89.1 cm³/mol. The van der Waals surface area contributed by atoms with Crippen molar-refractivity contribution in [3.05, 3.63) is 18.0 Å². The summed E-state index contributed by atoms with van der Waals surface area (Å²) in [5.74, 6) is 0.481. The van der Waals surface area contributed by atoms with E-state index >= 15 is 0 Å². The quantitative estimate of drug-likeness (QED) is 0.868. The summed E-state index contributed by atoms with van der Waals surface area (Å²) in [4.78, 5) is 12.6. The van der Waals surface area contributed by atoms with E-state index in [0.717, 1.165) is 25.2 Å². The molecular formula is C16H27ClN4O. The summed E-state index contributed by atoms with van der Waals surface area (Å²) >= 11 is 0. The van der Waals surface area contributed by atoms with Gasteiger partial charge in [-0.1, -0.05) is 13.3 Å². The van der Waals surface area contributed by atoms with Gasteiger partial charge < -0.3 is 10.6 Å². The Bertz CT molecular complexity index is 506. The Balaban J connectivity index is 0.00000176. The molecule has 1 saturated heterocycles. The van der Waals surface area contributed by atoms with Crippen LogP contribution in [0.5, 0.6) is 0 Å². The summed E-state index contributed by atoms with van der Waals surface area (Å²) in [6.07, 6.45) is 8.92. The minimum absolute atomic E-state index is 0. The first-order valence-corrected chi connectivity index (χ1v) is 8.10. The maximum atomic E-state index is 12.6. The van der Waals surface area contributed by atoms with Gasteiger partial charge in [-0.3, -0.25) is 9.48 Å². The molecule has 124 valence electrons. The number of aromatic nitrogens is 2. The van der Waals surface area contributed by atoms with Crippen molar-refractivity contribution in [1.29, 1.82) is 0 Å². The first-order chi connectivity index (χ1) is 10.1. The van der Waals surface area contributed by atoms with Crippen LogP contribution in [0.2, 0.25) is 0 Å². The first kappa shape index (κ1) is 17.3. The van der Waals surface area contributed by atoms with Crippen LogP contribution < -0.4 is 10.6 Å². The highest BCUT2D eigenvalue weighted by atomic mass is 35.5. The molecule has 2 fully saturated rings. The summed E-state index contributed by atoms with van der Waals surface area (Å²) in [6.45, 7) is 4.71. The Morgan fingerprint density at radius 2 is 2.27 bits per heavy atom. The third kappa shape index (κ3) is 3.30. The van der Waals surface area contributed by atoms with Gasteiger partial charge in [-0.25, -0.2) is 0 Å². The second kappa shape index (κ2) is 7.01. The van der Waals surface area contributed by atoms with Gasteiger partial charge >= 0.3 is 0 Å². The van der Waals surface area contributed by atoms with Crippen LogP contribution in [0, 0.1) is 11.3 Å². The van der Waals surface area contributed by atoms with E-state index in [-0.39, 0.29) is 30.2 Å². The fraction of sp³-hybridized carbons (Fsp3) is 0.750. The van der Waals surface area contributed by atoms with Crippen molar-refractivity contribution >= 4 is 18.3 Å². The lowest BCUT2D eigenvalue weighted by Gasteiger charge is -2.41. The summed E-state index contributed by atoms with van der Waals surface area (Å²) < 4.78 is 1.81. The van der Waals surface area contributed by atoms with Crippen molar-refractivity contribution in [3.63, 3.8) is 0 Å². The van der Waals surface area contributed by atoms with Crippen LogP contribution in [-0.4, -0.2) is 35.3 Å². The average molecular weight is 327 g/mol. The molecule has 22 heavy (non-hydrogen) atoms. The number of hydrogen-bond donors (Lipinski definition) is 2. The van der Waals surface area contributed by atoms with Gasteiger partial charge in [0, 0.05) is 38.8 Å². The van der Waals surface area contributed by atoms with Gasteiger partial charge in [0.2, 0.25) is 5.91 Å². The highest BCUT2D eigenvalue weighted by molar-refractivity contribution is 5.85. The van der Waals surface area contributed by atoms with E-state index in [9.17, 15) is 4.79 Å². The van der Waals surface area contributed by atoms with E-state index in [1.807, 2.05) is 24.1 Å². The zero-order valence-electron chi connectivity index (χ0n) is 13.5. The highest BCUT2D eigenvalue weighted by Gasteiger charge is 2.38. The molecule has 2 aliphatic rings. The van der Waals surface area contributed by atoms with Crippen LogP contribution in [0.15, 0.2) is 12.4 Å². The van der Waals surface area contributed by atoms with E-state index in [4.69, 9.17) is 0 Å². The molecule has 1 aliphatic carbocycles. The third-order valence-electron chi connectivity index (χ3n) is 5.51. The van der Waals surface area contributed by atoms with E-state index in [2.05, 4.69) is 22.7 Å². The van der Waals surface area contributed by atoms with Crippen molar-refractivity contribution in [3.8, 4) is 0 Å². The minimum Gasteiger partial charge on any atom is -0.355 e. The van der Waals surface area contributed by atoms with E-state index in [1.54, 1.807) is 0 Å². The van der Waals surface area contributed by atoms with E-state index in [0.29, 0.717) is 5.41 Å². The van der Waals surface area contributed by atoms with Gasteiger partial charge in [-0.2, -0.15) is 5.10 Å². The van der Waals surface area contributed by atoms with Crippen molar-refractivity contribution in [2.24, 2.45) is 18.4 Å². The largest absolute Gasteiger partial charge is 0.355 e. The summed E-state index contributed by atoms with van der Waals surface area (Å²) in [5.41, 5.74) is 1.54. The van der Waals surface area contributed by atoms with Gasteiger partial charge in [-0.05, 0) is 30.2 Å². The zero-order valence-corrected chi connectivity index (χ0v) is 14.3. The van der Waals surface area contributed by atoms with Gasteiger partial charge in [0.15, 0.2) is 0 Å². The molecule has 0 radical (unpaired) electrons. The highest BCUT2D eigenvalue weighted by Crippen LogP contribution is 2.43. The maximum absolute atomic E-state index is 12.6. The molecule has 3 rings (SSSR count). The van der Waals surface area contributed by atoms with Crippen molar-refractivity contribution in [2.75, 3.05) is 19.6 Å². The fourth-order valence-corrected chi connectivity index (χ4v) is 3.67. The minimum atomic E-state index is 0. The lowest BCUT2D eigenvalue weighted by molar-refractivity contribution is -0.125. The standard InChI is InChI=1S/C16H26N4O.ClH/c1-3-16(5-4-6-16)11-18-15(21)14-9-17-8-13(14)12-7-19-20(2)10-12;/h7,10,13-14,17H,3-6,8-9,11H2,1-2H3,(H,18,21);1H/t13-,14+;/m1./s1. The number of carbonyl (C=O) groups is 1. The second-order valence-corrected chi connectivity index (χ2v) is 6.74. The molecule has 2 N–H and O–H groups in total. The van der Waals surface area contributed by atoms with Gasteiger partial charge in [-0.15, -0.1) is 12.4 Å². The molecule has 0 unspecified atom stereocenters. The van der Waals surface area contributed by atoms with Crippen LogP contribution in [-0.2, 0) is 11.8 Å². The lowest BCUT2D eigenvalue weighted by Crippen LogP contribution is -2.44. The number of halogens is 1. The molecule has 1 aliphatic heterocycles. The molecule has 1 aromatic rings. The molecule has 0 spiro atoms.